The molecular formula is C20H30N2OS. The molecule has 1 aliphatic heterocycles. The molecule has 1 heterocycles. The van der Waals surface area contributed by atoms with Crippen molar-refractivity contribution < 1.29 is 4.79 Å². The molecule has 1 amide bonds. The van der Waals surface area contributed by atoms with Gasteiger partial charge in [-0.2, -0.15) is 0 Å². The number of nitrogens with zero attached hydrogens (tertiary/aromatic N) is 1. The topological polar surface area (TPSA) is 32.3 Å². The minimum Gasteiger partial charge on any atom is -0.356 e. The van der Waals surface area contributed by atoms with E-state index in [2.05, 4.69) is 22.3 Å². The largest absolute Gasteiger partial charge is 0.356 e. The predicted molar refractivity (Wildman–Crippen MR) is 101 cm³/mol. The number of piperidine rings is 1. The third kappa shape index (κ3) is 5.52. The lowest BCUT2D eigenvalue weighted by atomic mass is 9.95. The van der Waals surface area contributed by atoms with E-state index in [0.29, 0.717) is 12.3 Å². The molecule has 1 aliphatic carbocycles. The highest BCUT2D eigenvalue weighted by Gasteiger charge is 2.27. The SMILES string of the molecule is O=C(CCSc1ccccc1)NCC1CCN(C2CCCC2)CC1. The Kier molecular flexibility index (Phi) is 7.03. The van der Waals surface area contributed by atoms with E-state index in [-0.39, 0.29) is 5.91 Å². The van der Waals surface area contributed by atoms with Crippen LogP contribution in [0.15, 0.2) is 35.2 Å². The highest BCUT2D eigenvalue weighted by atomic mass is 32.2. The molecule has 0 radical (unpaired) electrons. The summed E-state index contributed by atoms with van der Waals surface area (Å²) in [5.41, 5.74) is 0. The van der Waals surface area contributed by atoms with Crippen LogP contribution in [0, 0.1) is 5.92 Å². The Bertz CT molecular complexity index is 494. The lowest BCUT2D eigenvalue weighted by molar-refractivity contribution is -0.120. The zero-order chi connectivity index (χ0) is 16.6. The summed E-state index contributed by atoms with van der Waals surface area (Å²) in [5, 5.41) is 3.15. The van der Waals surface area contributed by atoms with Crippen molar-refractivity contribution in [3.63, 3.8) is 0 Å². The van der Waals surface area contributed by atoms with E-state index in [1.54, 1.807) is 11.8 Å². The molecule has 1 saturated carbocycles. The summed E-state index contributed by atoms with van der Waals surface area (Å²) < 4.78 is 0. The van der Waals surface area contributed by atoms with Gasteiger partial charge in [-0.25, -0.2) is 0 Å². The van der Waals surface area contributed by atoms with E-state index in [1.165, 1.54) is 56.5 Å². The van der Waals surface area contributed by atoms with Crippen molar-refractivity contribution in [3.05, 3.63) is 30.3 Å². The van der Waals surface area contributed by atoms with Crippen LogP contribution >= 0.6 is 11.8 Å². The number of benzene rings is 1. The maximum Gasteiger partial charge on any atom is 0.220 e. The molecule has 24 heavy (non-hydrogen) atoms. The van der Waals surface area contributed by atoms with E-state index in [9.17, 15) is 4.79 Å². The van der Waals surface area contributed by atoms with Crippen LogP contribution in [-0.2, 0) is 4.79 Å². The fourth-order valence-corrected chi connectivity index (χ4v) is 4.79. The second-order valence-electron chi connectivity index (χ2n) is 7.13. The standard InChI is InChI=1S/C20H30N2OS/c23-20(12-15-24-19-8-2-1-3-9-19)21-16-17-10-13-22(14-11-17)18-6-4-5-7-18/h1-3,8-9,17-18H,4-7,10-16H2,(H,21,23). The number of likely N-dealkylation sites (tertiary alicyclic amines) is 1. The van der Waals surface area contributed by atoms with Gasteiger partial charge in [-0.15, -0.1) is 11.8 Å². The zero-order valence-corrected chi connectivity index (χ0v) is 15.4. The lowest BCUT2D eigenvalue weighted by Gasteiger charge is -2.36. The highest BCUT2D eigenvalue weighted by Crippen LogP contribution is 2.27. The van der Waals surface area contributed by atoms with E-state index in [1.807, 2.05) is 18.2 Å². The molecule has 0 atom stereocenters. The summed E-state index contributed by atoms with van der Waals surface area (Å²) in [4.78, 5) is 16.0. The minimum absolute atomic E-state index is 0.205. The molecule has 4 heteroatoms. The van der Waals surface area contributed by atoms with E-state index >= 15 is 0 Å². The average molecular weight is 347 g/mol. The first kappa shape index (κ1) is 17.8. The quantitative estimate of drug-likeness (QED) is 0.759. The second kappa shape index (κ2) is 9.47. The number of hydrogen-bond donors (Lipinski definition) is 1. The molecule has 0 bridgehead atoms. The minimum atomic E-state index is 0.205. The third-order valence-electron chi connectivity index (χ3n) is 5.42. The van der Waals surface area contributed by atoms with Gasteiger partial charge in [0.15, 0.2) is 0 Å². The van der Waals surface area contributed by atoms with Crippen LogP contribution in [0.25, 0.3) is 0 Å². The number of carbonyl (C=O) groups is 1. The van der Waals surface area contributed by atoms with Crippen molar-refractivity contribution in [2.45, 2.75) is 55.9 Å². The first-order chi connectivity index (χ1) is 11.8. The number of carbonyl (C=O) groups excluding carboxylic acids is 1. The molecule has 2 aliphatic rings. The van der Waals surface area contributed by atoms with Crippen molar-refractivity contribution in [3.8, 4) is 0 Å². The highest BCUT2D eigenvalue weighted by molar-refractivity contribution is 7.99. The maximum atomic E-state index is 12.0. The maximum absolute atomic E-state index is 12.0. The molecule has 2 fully saturated rings. The van der Waals surface area contributed by atoms with Crippen LogP contribution in [0.3, 0.4) is 0 Å². The summed E-state index contributed by atoms with van der Waals surface area (Å²) in [6.45, 7) is 3.33. The molecule has 0 aromatic heterocycles. The van der Waals surface area contributed by atoms with Gasteiger partial charge in [-0.3, -0.25) is 4.79 Å². The molecule has 0 unspecified atom stereocenters. The lowest BCUT2D eigenvalue weighted by Crippen LogP contribution is -2.42. The molecule has 3 nitrogen and oxygen atoms in total. The van der Waals surface area contributed by atoms with Crippen LogP contribution in [0.5, 0.6) is 0 Å². The van der Waals surface area contributed by atoms with Gasteiger partial charge in [-0.05, 0) is 56.8 Å². The molecular weight excluding hydrogens is 316 g/mol. The Hall–Kier alpha value is -1.00. The fraction of sp³-hybridized carbons (Fsp3) is 0.650. The van der Waals surface area contributed by atoms with E-state index in [0.717, 1.165) is 18.3 Å². The molecule has 1 saturated heterocycles. The predicted octanol–water partition coefficient (Wildman–Crippen LogP) is 3.94. The van der Waals surface area contributed by atoms with E-state index < -0.39 is 0 Å². The van der Waals surface area contributed by atoms with Gasteiger partial charge in [0.05, 0.1) is 0 Å². The Labute approximate surface area is 150 Å². The molecule has 1 aromatic carbocycles. The van der Waals surface area contributed by atoms with Crippen LogP contribution in [0.1, 0.15) is 44.9 Å². The zero-order valence-electron chi connectivity index (χ0n) is 14.6. The van der Waals surface area contributed by atoms with Gasteiger partial charge in [0.2, 0.25) is 5.91 Å². The van der Waals surface area contributed by atoms with Gasteiger partial charge >= 0.3 is 0 Å². The van der Waals surface area contributed by atoms with Crippen LogP contribution in [-0.4, -0.2) is 42.2 Å². The van der Waals surface area contributed by atoms with Crippen molar-refractivity contribution in [2.24, 2.45) is 5.92 Å². The molecule has 1 aromatic rings. The van der Waals surface area contributed by atoms with Gasteiger partial charge in [0.25, 0.3) is 0 Å². The van der Waals surface area contributed by atoms with Crippen molar-refractivity contribution in [1.29, 1.82) is 0 Å². The molecule has 3 rings (SSSR count). The molecule has 1 N–H and O–H groups in total. The van der Waals surface area contributed by atoms with Crippen LogP contribution < -0.4 is 5.32 Å². The van der Waals surface area contributed by atoms with Crippen LogP contribution in [0.2, 0.25) is 0 Å². The second-order valence-corrected chi connectivity index (χ2v) is 8.30. The van der Waals surface area contributed by atoms with Crippen LogP contribution in [0.4, 0.5) is 0 Å². The Morgan fingerprint density at radius 3 is 2.50 bits per heavy atom. The third-order valence-corrected chi connectivity index (χ3v) is 6.43. The van der Waals surface area contributed by atoms with Gasteiger partial charge in [0.1, 0.15) is 0 Å². The number of amides is 1. The first-order valence-corrected chi connectivity index (χ1v) is 10.5. The monoisotopic (exact) mass is 346 g/mol. The summed E-state index contributed by atoms with van der Waals surface area (Å²) in [7, 11) is 0. The summed E-state index contributed by atoms with van der Waals surface area (Å²) in [6, 6.07) is 11.2. The smallest absolute Gasteiger partial charge is 0.220 e. The number of rotatable bonds is 7. The van der Waals surface area contributed by atoms with Crippen molar-refractivity contribution in [2.75, 3.05) is 25.4 Å². The van der Waals surface area contributed by atoms with Gasteiger partial charge in [0, 0.05) is 29.7 Å². The first-order valence-electron chi connectivity index (χ1n) is 9.50. The van der Waals surface area contributed by atoms with Crippen molar-refractivity contribution in [1.82, 2.24) is 10.2 Å². The Morgan fingerprint density at radius 2 is 1.79 bits per heavy atom. The summed E-state index contributed by atoms with van der Waals surface area (Å²) >= 11 is 1.76. The number of thioether (sulfide) groups is 1. The number of nitrogens with one attached hydrogen (secondary N) is 1. The normalized spacial score (nSPS) is 20.3. The average Bonchev–Trinajstić information content (AvgIpc) is 3.16. The van der Waals surface area contributed by atoms with Gasteiger partial charge < -0.3 is 10.2 Å². The fourth-order valence-electron chi connectivity index (χ4n) is 3.92. The number of hydrogen-bond acceptors (Lipinski definition) is 3. The molecule has 132 valence electrons. The molecule has 0 spiro atoms. The Morgan fingerprint density at radius 1 is 1.08 bits per heavy atom. The van der Waals surface area contributed by atoms with Crippen molar-refractivity contribution >= 4 is 17.7 Å². The Balaban J connectivity index is 1.27. The summed E-state index contributed by atoms with van der Waals surface area (Å²) in [5.74, 6) is 1.74. The van der Waals surface area contributed by atoms with E-state index in [4.69, 9.17) is 0 Å². The summed E-state index contributed by atoms with van der Waals surface area (Å²) in [6.07, 6.45) is 8.75. The van der Waals surface area contributed by atoms with Gasteiger partial charge in [-0.1, -0.05) is 31.0 Å².